The standard InChI is InChI=1S/C77H141N3O22/c1-4-7-10-13-16-19-22-25-28-31-34-37-40-43-72(89)100-64-77(65-101-73(90)44-41-38-35-32-29-26-23-20-17-14-11-8-5-2,66-102-74(91)45-42-39-36-33-30-27-24-21-18-15-12-9-6-3)63-98-55-54-96-51-50-95-52-53-97-56-57-99-75(92)58-67(76(93)94)80(48-46-78(59-68(81)82)60-69(83)84)49-47-79(61-70(85)86)62-71(87)88/h67H,4-66H2,1-3H3,(H,81,82)(H,83,84)(H,85,86)(H,87,88)(H,93,94). The highest BCUT2D eigenvalue weighted by Gasteiger charge is 2.37. The number of carboxylic acid groups (broad SMARTS) is 5. The Bertz CT molecular complexity index is 1920. The molecule has 0 aliphatic carbocycles. The lowest BCUT2D eigenvalue weighted by atomic mass is 9.92. The smallest absolute Gasteiger partial charge is 0.321 e. The van der Waals surface area contributed by atoms with Gasteiger partial charge in [-0.25, -0.2) is 0 Å². The van der Waals surface area contributed by atoms with Crippen molar-refractivity contribution in [2.75, 3.05) is 132 Å². The third-order valence-electron chi connectivity index (χ3n) is 18.0. The first-order valence-electron chi connectivity index (χ1n) is 39.6. The molecule has 0 amide bonds. The fourth-order valence-electron chi connectivity index (χ4n) is 11.9. The normalized spacial score (nSPS) is 11.9. The minimum Gasteiger partial charge on any atom is -0.480 e. The molecule has 25 nitrogen and oxygen atoms in total. The van der Waals surface area contributed by atoms with Gasteiger partial charge in [-0.2, -0.15) is 0 Å². The van der Waals surface area contributed by atoms with Gasteiger partial charge in [0.1, 0.15) is 32.5 Å². The summed E-state index contributed by atoms with van der Waals surface area (Å²) in [5, 5.41) is 47.4. The Morgan fingerprint density at radius 2 is 0.529 bits per heavy atom. The van der Waals surface area contributed by atoms with Crippen molar-refractivity contribution >= 4 is 53.7 Å². The number of carbonyl (C=O) groups excluding carboxylic acids is 4. The predicted octanol–water partition coefficient (Wildman–Crippen LogP) is 13.7. The van der Waals surface area contributed by atoms with Crippen LogP contribution in [-0.2, 0) is 81.0 Å². The van der Waals surface area contributed by atoms with E-state index in [2.05, 4.69) is 20.8 Å². The molecule has 1 atom stereocenters. The van der Waals surface area contributed by atoms with E-state index in [4.69, 9.17) is 37.9 Å². The van der Waals surface area contributed by atoms with Gasteiger partial charge in [0, 0.05) is 45.4 Å². The van der Waals surface area contributed by atoms with E-state index in [1.807, 2.05) is 0 Å². The van der Waals surface area contributed by atoms with Crippen LogP contribution in [0.25, 0.3) is 0 Å². The number of carboxylic acids is 5. The van der Waals surface area contributed by atoms with E-state index < -0.39 is 79.9 Å². The third kappa shape index (κ3) is 64.5. The third-order valence-corrected chi connectivity index (χ3v) is 18.0. The number of aliphatic carboxylic acids is 5. The first-order valence-corrected chi connectivity index (χ1v) is 39.6. The van der Waals surface area contributed by atoms with Gasteiger partial charge in [-0.05, 0) is 19.3 Å². The molecule has 0 fully saturated rings. The van der Waals surface area contributed by atoms with Crippen LogP contribution in [0.15, 0.2) is 0 Å². The molecule has 25 heteroatoms. The van der Waals surface area contributed by atoms with Gasteiger partial charge < -0.3 is 63.4 Å². The number of nitrogens with zero attached hydrogens (tertiary/aromatic N) is 3. The summed E-state index contributed by atoms with van der Waals surface area (Å²) in [5.74, 6) is -8.96. The van der Waals surface area contributed by atoms with Gasteiger partial charge in [0.05, 0.1) is 90.9 Å². The number of carbonyl (C=O) groups is 9. The summed E-state index contributed by atoms with van der Waals surface area (Å²) >= 11 is 0. The Balaban J connectivity index is 5.66. The lowest BCUT2D eigenvalue weighted by Gasteiger charge is -2.32. The number of rotatable bonds is 80. The molecule has 0 aliphatic rings. The van der Waals surface area contributed by atoms with Gasteiger partial charge in [0.15, 0.2) is 0 Å². The molecule has 5 N–H and O–H groups in total. The molecule has 0 heterocycles. The minimum absolute atomic E-state index is 0.0569. The second-order valence-electron chi connectivity index (χ2n) is 27.7. The maximum atomic E-state index is 13.4. The number of unbranched alkanes of at least 4 members (excludes halogenated alkanes) is 36. The first-order chi connectivity index (χ1) is 49.4. The molecule has 0 aromatic carbocycles. The van der Waals surface area contributed by atoms with Crippen LogP contribution in [-0.4, -0.2) is 232 Å². The van der Waals surface area contributed by atoms with Crippen LogP contribution in [0.3, 0.4) is 0 Å². The largest absolute Gasteiger partial charge is 0.480 e. The Kier molecular flexibility index (Phi) is 66.8. The van der Waals surface area contributed by atoms with Crippen molar-refractivity contribution in [3.05, 3.63) is 0 Å². The average Bonchev–Trinajstić information content (AvgIpc) is 0.865. The number of hydrogen-bond acceptors (Lipinski definition) is 20. The monoisotopic (exact) mass is 1460 g/mol. The van der Waals surface area contributed by atoms with Crippen molar-refractivity contribution in [2.45, 2.75) is 303 Å². The number of ether oxygens (including phenoxy) is 8. The molecule has 0 aliphatic heterocycles. The highest BCUT2D eigenvalue weighted by atomic mass is 16.6. The van der Waals surface area contributed by atoms with E-state index in [9.17, 15) is 68.7 Å². The lowest BCUT2D eigenvalue weighted by molar-refractivity contribution is -0.168. The Hall–Kier alpha value is -5.05. The summed E-state index contributed by atoms with van der Waals surface area (Å²) in [4.78, 5) is 115. The zero-order chi connectivity index (χ0) is 75.2. The highest BCUT2D eigenvalue weighted by Crippen LogP contribution is 2.24. The summed E-state index contributed by atoms with van der Waals surface area (Å²) in [7, 11) is 0. The van der Waals surface area contributed by atoms with E-state index in [-0.39, 0.29) is 143 Å². The predicted molar refractivity (Wildman–Crippen MR) is 392 cm³/mol. The van der Waals surface area contributed by atoms with Gasteiger partial charge in [-0.3, -0.25) is 57.9 Å². The van der Waals surface area contributed by atoms with Crippen molar-refractivity contribution in [1.29, 1.82) is 0 Å². The van der Waals surface area contributed by atoms with Gasteiger partial charge in [-0.15, -0.1) is 0 Å². The molecule has 0 rings (SSSR count). The number of hydrogen-bond donors (Lipinski definition) is 5. The van der Waals surface area contributed by atoms with Crippen LogP contribution in [0.5, 0.6) is 0 Å². The van der Waals surface area contributed by atoms with Crippen LogP contribution >= 0.6 is 0 Å². The summed E-state index contributed by atoms with van der Waals surface area (Å²) in [6.45, 7) is 2.68. The molecular weight excluding hydrogens is 1320 g/mol. The number of esters is 4. The molecule has 0 bridgehead atoms. The zero-order valence-corrected chi connectivity index (χ0v) is 63.6. The van der Waals surface area contributed by atoms with E-state index in [0.717, 1.165) is 67.6 Å². The topological polar surface area (TPSA) is 338 Å². The van der Waals surface area contributed by atoms with E-state index in [1.54, 1.807) is 0 Å². The van der Waals surface area contributed by atoms with Crippen LogP contribution in [0.4, 0.5) is 0 Å². The molecular formula is C77H141N3O22. The fraction of sp³-hybridized carbons (Fsp3) is 0.883. The van der Waals surface area contributed by atoms with Crippen LogP contribution in [0, 0.1) is 5.41 Å². The summed E-state index contributed by atoms with van der Waals surface area (Å²) < 4.78 is 46.2. The second-order valence-corrected chi connectivity index (χ2v) is 27.7. The fourth-order valence-corrected chi connectivity index (χ4v) is 11.9. The van der Waals surface area contributed by atoms with Gasteiger partial charge >= 0.3 is 53.7 Å². The maximum Gasteiger partial charge on any atom is 0.321 e. The van der Waals surface area contributed by atoms with Crippen LogP contribution in [0.1, 0.15) is 297 Å². The Morgan fingerprint density at radius 3 is 0.784 bits per heavy atom. The zero-order valence-electron chi connectivity index (χ0n) is 63.6. The van der Waals surface area contributed by atoms with Gasteiger partial charge in [0.2, 0.25) is 0 Å². The summed E-state index contributed by atoms with van der Waals surface area (Å²) in [5.41, 5.74) is -1.19. The summed E-state index contributed by atoms with van der Waals surface area (Å²) in [6.07, 6.45) is 46.0. The van der Waals surface area contributed by atoms with Crippen molar-refractivity contribution in [2.24, 2.45) is 5.41 Å². The van der Waals surface area contributed by atoms with Crippen LogP contribution in [0.2, 0.25) is 0 Å². The first kappa shape index (κ1) is 97.0. The maximum absolute atomic E-state index is 13.4. The van der Waals surface area contributed by atoms with E-state index in [0.29, 0.717) is 19.3 Å². The van der Waals surface area contributed by atoms with Crippen molar-refractivity contribution in [3.63, 3.8) is 0 Å². The molecule has 102 heavy (non-hydrogen) atoms. The van der Waals surface area contributed by atoms with Crippen molar-refractivity contribution in [3.8, 4) is 0 Å². The highest BCUT2D eigenvalue weighted by molar-refractivity contribution is 5.81. The second kappa shape index (κ2) is 70.3. The van der Waals surface area contributed by atoms with E-state index in [1.165, 1.54) is 178 Å². The molecule has 0 aromatic rings. The Morgan fingerprint density at radius 1 is 0.284 bits per heavy atom. The van der Waals surface area contributed by atoms with E-state index >= 15 is 0 Å². The molecule has 0 radical (unpaired) electrons. The lowest BCUT2D eigenvalue weighted by Crippen LogP contribution is -2.50. The van der Waals surface area contributed by atoms with Crippen LogP contribution < -0.4 is 0 Å². The molecule has 1 unspecified atom stereocenters. The molecule has 596 valence electrons. The SMILES string of the molecule is CCCCCCCCCCCCCCCC(=O)OCC(COCCOCCOCCOCCOC(=O)CC(C(=O)O)N(CCN(CC(=O)O)CC(=O)O)CCN(CC(=O)O)CC(=O)O)(COC(=O)CCCCCCCCCCCCCCC)COC(=O)CCCCCCCCCCCCCCC. The Labute approximate surface area is 612 Å². The van der Waals surface area contributed by atoms with Gasteiger partial charge in [-0.1, -0.05) is 252 Å². The quantitative estimate of drug-likeness (QED) is 0.0214. The van der Waals surface area contributed by atoms with Crippen molar-refractivity contribution < 1.29 is 107 Å². The molecule has 0 spiro atoms. The van der Waals surface area contributed by atoms with Crippen molar-refractivity contribution in [1.82, 2.24) is 14.7 Å². The molecule has 0 aromatic heterocycles. The minimum atomic E-state index is -1.61. The molecule has 0 saturated heterocycles. The van der Waals surface area contributed by atoms with Gasteiger partial charge in [0.25, 0.3) is 0 Å². The average molecular weight is 1460 g/mol. The summed E-state index contributed by atoms with van der Waals surface area (Å²) in [6, 6.07) is -1.61. The molecule has 0 saturated carbocycles.